The van der Waals surface area contributed by atoms with Crippen LogP contribution in [-0.4, -0.2) is 0 Å². The molecule has 1 heterocycles. The molecule has 2 aromatic rings. The summed E-state index contributed by atoms with van der Waals surface area (Å²) in [7, 11) is 0. The Morgan fingerprint density at radius 1 is 1.04 bits per heavy atom. The third-order valence-electron chi connectivity index (χ3n) is 5.14. The highest BCUT2D eigenvalue weighted by Gasteiger charge is 2.42. The highest BCUT2D eigenvalue weighted by molar-refractivity contribution is 5.65. The Morgan fingerprint density at radius 3 is 2.50 bits per heavy atom. The maximum absolute atomic E-state index is 13.4. The van der Waals surface area contributed by atoms with Crippen LogP contribution in [0.1, 0.15) is 40.6 Å². The lowest BCUT2D eigenvalue weighted by Crippen LogP contribution is -2.30. The molecular formula is C20H18F3N. The van der Waals surface area contributed by atoms with Crippen molar-refractivity contribution >= 4 is 5.69 Å². The second-order valence-corrected chi connectivity index (χ2v) is 6.65. The number of para-hydroxylation sites is 1. The Morgan fingerprint density at radius 2 is 1.79 bits per heavy atom. The second-order valence-electron chi connectivity index (χ2n) is 6.65. The zero-order valence-electron chi connectivity index (χ0n) is 13.3. The minimum absolute atomic E-state index is 0.0369. The number of hydrogen-bond donors (Lipinski definition) is 1. The van der Waals surface area contributed by atoms with Crippen molar-refractivity contribution in [3.63, 3.8) is 0 Å². The molecule has 1 aliphatic heterocycles. The molecule has 124 valence electrons. The molecular weight excluding hydrogens is 311 g/mol. The van der Waals surface area contributed by atoms with Crippen LogP contribution in [0.3, 0.4) is 0 Å². The van der Waals surface area contributed by atoms with E-state index < -0.39 is 11.7 Å². The number of benzene rings is 2. The van der Waals surface area contributed by atoms with Gasteiger partial charge in [-0.15, -0.1) is 0 Å². The molecule has 1 nitrogen and oxygen atoms in total. The molecule has 0 fully saturated rings. The van der Waals surface area contributed by atoms with E-state index in [9.17, 15) is 13.2 Å². The van der Waals surface area contributed by atoms with Gasteiger partial charge in [0.1, 0.15) is 0 Å². The summed E-state index contributed by atoms with van der Waals surface area (Å²) in [6, 6.07) is 12.4. The molecule has 0 spiro atoms. The summed E-state index contributed by atoms with van der Waals surface area (Å²) >= 11 is 0. The normalized spacial score (nSPS) is 25.1. The average molecular weight is 329 g/mol. The van der Waals surface area contributed by atoms with Crippen LogP contribution in [0.5, 0.6) is 0 Å². The number of aryl methyl sites for hydroxylation is 1. The van der Waals surface area contributed by atoms with E-state index in [0.717, 1.165) is 29.2 Å². The van der Waals surface area contributed by atoms with Gasteiger partial charge in [0.15, 0.2) is 0 Å². The van der Waals surface area contributed by atoms with E-state index in [1.165, 1.54) is 6.07 Å². The van der Waals surface area contributed by atoms with E-state index in [1.807, 2.05) is 37.3 Å². The summed E-state index contributed by atoms with van der Waals surface area (Å²) in [5.74, 6) is 0.290. The van der Waals surface area contributed by atoms with Crippen LogP contribution in [0.2, 0.25) is 0 Å². The first-order chi connectivity index (χ1) is 11.4. The number of rotatable bonds is 1. The lowest BCUT2D eigenvalue weighted by Gasteiger charge is -2.38. The molecule has 0 amide bonds. The van der Waals surface area contributed by atoms with E-state index in [0.29, 0.717) is 0 Å². The second kappa shape index (κ2) is 5.40. The quantitative estimate of drug-likeness (QED) is 0.648. The first-order valence-electron chi connectivity index (χ1n) is 8.15. The fourth-order valence-electron chi connectivity index (χ4n) is 3.96. The first-order valence-corrected chi connectivity index (χ1v) is 8.15. The summed E-state index contributed by atoms with van der Waals surface area (Å²) in [5.41, 5.74) is 2.61. The van der Waals surface area contributed by atoms with Gasteiger partial charge in [-0.25, -0.2) is 0 Å². The van der Waals surface area contributed by atoms with Gasteiger partial charge >= 0.3 is 6.18 Å². The third kappa shape index (κ3) is 2.41. The molecule has 0 bridgehead atoms. The van der Waals surface area contributed by atoms with E-state index in [2.05, 4.69) is 17.5 Å². The molecule has 3 atom stereocenters. The Kier molecular flexibility index (Phi) is 3.44. The molecule has 0 radical (unpaired) electrons. The van der Waals surface area contributed by atoms with Gasteiger partial charge in [0.2, 0.25) is 0 Å². The predicted octanol–water partition coefficient (Wildman–Crippen LogP) is 5.84. The van der Waals surface area contributed by atoms with Crippen molar-refractivity contribution in [1.82, 2.24) is 0 Å². The highest BCUT2D eigenvalue weighted by atomic mass is 19.4. The minimum atomic E-state index is -4.36. The minimum Gasteiger partial charge on any atom is -0.377 e. The number of anilines is 1. The van der Waals surface area contributed by atoms with E-state index in [1.54, 1.807) is 0 Å². The number of halogens is 3. The van der Waals surface area contributed by atoms with Crippen LogP contribution in [0, 0.1) is 12.8 Å². The first kappa shape index (κ1) is 15.3. The van der Waals surface area contributed by atoms with Gasteiger partial charge < -0.3 is 5.32 Å². The Hall–Kier alpha value is -2.23. The molecule has 24 heavy (non-hydrogen) atoms. The zero-order chi connectivity index (χ0) is 16.9. The summed E-state index contributed by atoms with van der Waals surface area (Å²) < 4.78 is 40.3. The topological polar surface area (TPSA) is 12.0 Å². The Bertz CT molecular complexity index is 790. The van der Waals surface area contributed by atoms with Crippen molar-refractivity contribution in [2.45, 2.75) is 31.5 Å². The molecule has 0 saturated heterocycles. The van der Waals surface area contributed by atoms with Gasteiger partial charge in [0.05, 0.1) is 17.3 Å². The van der Waals surface area contributed by atoms with Gasteiger partial charge in [-0.05, 0) is 36.5 Å². The largest absolute Gasteiger partial charge is 0.418 e. The molecule has 2 aromatic carbocycles. The monoisotopic (exact) mass is 329 g/mol. The van der Waals surface area contributed by atoms with Crippen molar-refractivity contribution in [2.75, 3.05) is 5.32 Å². The molecule has 0 aromatic heterocycles. The molecule has 4 rings (SSSR count). The number of fused-ring (bicyclic) bond motifs is 3. The number of allylic oxidation sites excluding steroid dienone is 2. The summed E-state index contributed by atoms with van der Waals surface area (Å²) in [6.45, 7) is 2.01. The fraction of sp³-hybridized carbons (Fsp3) is 0.300. The van der Waals surface area contributed by atoms with Crippen LogP contribution in [-0.2, 0) is 6.18 Å². The van der Waals surface area contributed by atoms with E-state index >= 15 is 0 Å². The Balaban J connectivity index is 1.84. The summed E-state index contributed by atoms with van der Waals surface area (Å²) in [6.07, 6.45) is 0.677. The third-order valence-corrected chi connectivity index (χ3v) is 5.14. The van der Waals surface area contributed by atoms with Gasteiger partial charge in [0, 0.05) is 5.92 Å². The lowest BCUT2D eigenvalue weighted by molar-refractivity contribution is -0.137. The highest BCUT2D eigenvalue weighted by Crippen LogP contribution is 2.52. The van der Waals surface area contributed by atoms with Gasteiger partial charge in [0.25, 0.3) is 0 Å². The molecule has 1 aliphatic carbocycles. The molecule has 2 aliphatic rings. The van der Waals surface area contributed by atoms with E-state index in [-0.39, 0.29) is 23.6 Å². The standard InChI is InChI=1S/C20H18F3N/c1-12-8-10-13(11-9-12)18-15-5-2-4-14(15)16-6-3-7-17(19(16)24-18)20(21,22)23/h2-4,6-11,14-15,18,24H,5H2,1H3. The van der Waals surface area contributed by atoms with Gasteiger partial charge in [-0.1, -0.05) is 54.1 Å². The predicted molar refractivity (Wildman–Crippen MR) is 89.0 cm³/mol. The van der Waals surface area contributed by atoms with Crippen molar-refractivity contribution in [3.05, 3.63) is 76.9 Å². The Labute approximate surface area is 139 Å². The SMILES string of the molecule is Cc1ccc(C2Nc3c(cccc3C(F)(F)F)C3C=CCC32)cc1. The van der Waals surface area contributed by atoms with Crippen molar-refractivity contribution < 1.29 is 13.2 Å². The fourth-order valence-corrected chi connectivity index (χ4v) is 3.96. The van der Waals surface area contributed by atoms with E-state index in [4.69, 9.17) is 0 Å². The zero-order valence-corrected chi connectivity index (χ0v) is 13.3. The summed E-state index contributed by atoms with van der Waals surface area (Å²) in [5, 5.41) is 3.22. The average Bonchev–Trinajstić information content (AvgIpc) is 3.03. The van der Waals surface area contributed by atoms with Crippen LogP contribution < -0.4 is 5.32 Å². The van der Waals surface area contributed by atoms with Crippen molar-refractivity contribution in [2.24, 2.45) is 5.92 Å². The number of hydrogen-bond acceptors (Lipinski definition) is 1. The molecule has 1 N–H and O–H groups in total. The molecule has 4 heteroatoms. The number of nitrogens with one attached hydrogen (secondary N) is 1. The number of alkyl halides is 3. The van der Waals surface area contributed by atoms with Crippen molar-refractivity contribution in [1.29, 1.82) is 0 Å². The maximum atomic E-state index is 13.4. The molecule has 0 saturated carbocycles. The van der Waals surface area contributed by atoms with Gasteiger partial charge in [-0.3, -0.25) is 0 Å². The van der Waals surface area contributed by atoms with Crippen LogP contribution >= 0.6 is 0 Å². The molecule has 3 unspecified atom stereocenters. The van der Waals surface area contributed by atoms with Crippen LogP contribution in [0.4, 0.5) is 18.9 Å². The van der Waals surface area contributed by atoms with Crippen LogP contribution in [0.15, 0.2) is 54.6 Å². The van der Waals surface area contributed by atoms with Crippen LogP contribution in [0.25, 0.3) is 0 Å². The smallest absolute Gasteiger partial charge is 0.377 e. The maximum Gasteiger partial charge on any atom is 0.418 e. The van der Waals surface area contributed by atoms with Crippen molar-refractivity contribution in [3.8, 4) is 0 Å². The summed E-state index contributed by atoms with van der Waals surface area (Å²) in [4.78, 5) is 0. The van der Waals surface area contributed by atoms with Gasteiger partial charge in [-0.2, -0.15) is 13.2 Å². The lowest BCUT2D eigenvalue weighted by atomic mass is 9.76.